The number of rotatable bonds is 2. The van der Waals surface area contributed by atoms with E-state index in [0.717, 1.165) is 25.1 Å². The maximum atomic E-state index is 13.9. The number of halogens is 1. The molecule has 0 bridgehead atoms. The first kappa shape index (κ1) is 14.8. The fourth-order valence-corrected chi connectivity index (χ4v) is 3.66. The first-order valence-corrected chi connectivity index (χ1v) is 7.94. The van der Waals surface area contributed by atoms with Crippen LogP contribution < -0.4 is 4.90 Å². The molecule has 0 radical (unpaired) electrons. The smallest absolute Gasteiger partial charge is 0.126 e. The summed E-state index contributed by atoms with van der Waals surface area (Å²) in [6, 6.07) is 3.73. The number of aliphatic hydroxyl groups excluding tert-OH is 1. The van der Waals surface area contributed by atoms with Crippen molar-refractivity contribution >= 4 is 5.69 Å². The van der Waals surface area contributed by atoms with Gasteiger partial charge in [-0.2, -0.15) is 0 Å². The zero-order valence-corrected chi connectivity index (χ0v) is 12.8. The number of hydrogen-bond acceptors (Lipinski definition) is 3. The molecule has 0 spiro atoms. The molecule has 1 heterocycles. The zero-order valence-electron chi connectivity index (χ0n) is 12.8. The lowest BCUT2D eigenvalue weighted by Crippen LogP contribution is -2.53. The molecule has 21 heavy (non-hydrogen) atoms. The first-order chi connectivity index (χ1) is 10.1. The van der Waals surface area contributed by atoms with E-state index in [2.05, 4.69) is 4.90 Å². The highest BCUT2D eigenvalue weighted by Gasteiger charge is 2.35. The van der Waals surface area contributed by atoms with Crippen LogP contribution in [0.3, 0.4) is 0 Å². The Morgan fingerprint density at radius 1 is 1.33 bits per heavy atom. The first-order valence-electron chi connectivity index (χ1n) is 7.94. The van der Waals surface area contributed by atoms with Gasteiger partial charge in [0, 0.05) is 17.8 Å². The van der Waals surface area contributed by atoms with Crippen molar-refractivity contribution in [3.05, 3.63) is 29.1 Å². The standard InChI is InChI=1S/C17H24FNO2/c1-11-9-16(13(12(2)20)10-14(11)18)19-7-8-21-17-6-4-3-5-15(17)19/h9-10,12,15,17,20H,3-8H2,1-2H3/t12-,15?,17?/m1/s1. The Hall–Kier alpha value is -1.13. The molecule has 1 aromatic rings. The molecule has 1 aromatic carbocycles. The van der Waals surface area contributed by atoms with Crippen LogP contribution >= 0.6 is 0 Å². The highest BCUT2D eigenvalue weighted by molar-refractivity contribution is 5.58. The van der Waals surface area contributed by atoms with E-state index in [0.29, 0.717) is 23.8 Å². The van der Waals surface area contributed by atoms with Crippen LogP contribution in [0, 0.1) is 12.7 Å². The zero-order chi connectivity index (χ0) is 15.0. The number of ether oxygens (including phenoxy) is 1. The molecule has 1 saturated carbocycles. The van der Waals surface area contributed by atoms with E-state index < -0.39 is 6.10 Å². The summed E-state index contributed by atoms with van der Waals surface area (Å²) < 4.78 is 19.8. The maximum Gasteiger partial charge on any atom is 0.126 e. The molecule has 1 N–H and O–H groups in total. The Morgan fingerprint density at radius 2 is 2.10 bits per heavy atom. The van der Waals surface area contributed by atoms with Gasteiger partial charge in [-0.1, -0.05) is 12.8 Å². The van der Waals surface area contributed by atoms with E-state index in [1.165, 1.54) is 18.9 Å². The van der Waals surface area contributed by atoms with E-state index in [9.17, 15) is 9.50 Å². The Balaban J connectivity index is 1.99. The molecule has 2 aliphatic rings. The van der Waals surface area contributed by atoms with Crippen LogP contribution in [0.4, 0.5) is 10.1 Å². The summed E-state index contributed by atoms with van der Waals surface area (Å²) in [6.07, 6.45) is 4.26. The fraction of sp³-hybridized carbons (Fsp3) is 0.647. The van der Waals surface area contributed by atoms with E-state index in [1.54, 1.807) is 13.8 Å². The van der Waals surface area contributed by atoms with Gasteiger partial charge in [0.05, 0.1) is 24.9 Å². The predicted octanol–water partition coefficient (Wildman–Crippen LogP) is 3.34. The van der Waals surface area contributed by atoms with Gasteiger partial charge in [-0.3, -0.25) is 0 Å². The summed E-state index contributed by atoms with van der Waals surface area (Å²) in [6.45, 7) is 5.00. The minimum absolute atomic E-state index is 0.247. The van der Waals surface area contributed by atoms with Gasteiger partial charge >= 0.3 is 0 Å². The van der Waals surface area contributed by atoms with Gasteiger partial charge in [-0.15, -0.1) is 0 Å². The van der Waals surface area contributed by atoms with E-state index in [4.69, 9.17) is 4.74 Å². The third-order valence-electron chi connectivity index (χ3n) is 4.80. The van der Waals surface area contributed by atoms with Gasteiger partial charge in [-0.25, -0.2) is 4.39 Å². The molecule has 3 nitrogen and oxygen atoms in total. The molecule has 1 aliphatic carbocycles. The number of benzene rings is 1. The highest BCUT2D eigenvalue weighted by atomic mass is 19.1. The molecule has 2 fully saturated rings. The number of aliphatic hydroxyl groups is 1. The molecule has 1 aliphatic heterocycles. The number of anilines is 1. The minimum atomic E-state index is -0.667. The second kappa shape index (κ2) is 5.93. The molecule has 2 unspecified atom stereocenters. The average Bonchev–Trinajstić information content (AvgIpc) is 2.49. The number of fused-ring (bicyclic) bond motifs is 1. The Labute approximate surface area is 125 Å². The second-order valence-electron chi connectivity index (χ2n) is 6.29. The molecule has 3 rings (SSSR count). The van der Waals surface area contributed by atoms with Gasteiger partial charge < -0.3 is 14.7 Å². The fourth-order valence-electron chi connectivity index (χ4n) is 3.66. The molecule has 4 heteroatoms. The van der Waals surface area contributed by atoms with Gasteiger partial charge in [0.15, 0.2) is 0 Å². The van der Waals surface area contributed by atoms with Crippen molar-refractivity contribution in [2.24, 2.45) is 0 Å². The van der Waals surface area contributed by atoms with E-state index in [1.807, 2.05) is 6.07 Å². The van der Waals surface area contributed by atoms with Crippen LogP contribution in [0.1, 0.15) is 49.8 Å². The van der Waals surface area contributed by atoms with Crippen LogP contribution in [-0.2, 0) is 4.74 Å². The average molecular weight is 293 g/mol. The summed E-state index contributed by atoms with van der Waals surface area (Å²) in [5.74, 6) is -0.247. The second-order valence-corrected chi connectivity index (χ2v) is 6.29. The van der Waals surface area contributed by atoms with Crippen molar-refractivity contribution in [2.45, 2.75) is 57.8 Å². The van der Waals surface area contributed by atoms with Gasteiger partial charge in [0.25, 0.3) is 0 Å². The molecule has 1 saturated heterocycles. The van der Waals surface area contributed by atoms with Crippen molar-refractivity contribution in [1.29, 1.82) is 0 Å². The topological polar surface area (TPSA) is 32.7 Å². The Morgan fingerprint density at radius 3 is 2.86 bits per heavy atom. The molecule has 0 aromatic heterocycles. The third kappa shape index (κ3) is 2.79. The third-order valence-corrected chi connectivity index (χ3v) is 4.80. The number of morpholine rings is 1. The number of hydrogen-bond donors (Lipinski definition) is 1. The van der Waals surface area contributed by atoms with Crippen molar-refractivity contribution in [1.82, 2.24) is 0 Å². The number of aryl methyl sites for hydroxylation is 1. The Kier molecular flexibility index (Phi) is 4.18. The van der Waals surface area contributed by atoms with E-state index >= 15 is 0 Å². The van der Waals surface area contributed by atoms with Crippen molar-refractivity contribution in [3.8, 4) is 0 Å². The largest absolute Gasteiger partial charge is 0.389 e. The van der Waals surface area contributed by atoms with Crippen LogP contribution in [0.2, 0.25) is 0 Å². The molecule has 0 amide bonds. The lowest BCUT2D eigenvalue weighted by atomic mass is 9.89. The predicted molar refractivity (Wildman–Crippen MR) is 81.1 cm³/mol. The molecular formula is C17H24FNO2. The van der Waals surface area contributed by atoms with Crippen LogP contribution in [0.5, 0.6) is 0 Å². The summed E-state index contributed by atoms with van der Waals surface area (Å²) in [7, 11) is 0. The molecule has 116 valence electrons. The highest BCUT2D eigenvalue weighted by Crippen LogP contribution is 2.36. The van der Waals surface area contributed by atoms with Crippen molar-refractivity contribution in [2.75, 3.05) is 18.1 Å². The lowest BCUT2D eigenvalue weighted by molar-refractivity contribution is -0.00888. The van der Waals surface area contributed by atoms with Gasteiger partial charge in [0.2, 0.25) is 0 Å². The molecular weight excluding hydrogens is 269 g/mol. The monoisotopic (exact) mass is 293 g/mol. The maximum absolute atomic E-state index is 13.9. The summed E-state index contributed by atoms with van der Waals surface area (Å²) >= 11 is 0. The van der Waals surface area contributed by atoms with Gasteiger partial charge in [-0.05, 0) is 44.4 Å². The van der Waals surface area contributed by atoms with Crippen LogP contribution in [0.25, 0.3) is 0 Å². The van der Waals surface area contributed by atoms with Crippen molar-refractivity contribution < 1.29 is 14.2 Å². The normalized spacial score (nSPS) is 27.3. The quantitative estimate of drug-likeness (QED) is 0.908. The Bertz CT molecular complexity index is 516. The summed E-state index contributed by atoms with van der Waals surface area (Å²) in [5.41, 5.74) is 2.29. The van der Waals surface area contributed by atoms with Crippen LogP contribution in [-0.4, -0.2) is 30.4 Å². The minimum Gasteiger partial charge on any atom is -0.389 e. The lowest BCUT2D eigenvalue weighted by Gasteiger charge is -2.46. The summed E-state index contributed by atoms with van der Waals surface area (Å²) in [4.78, 5) is 2.34. The van der Waals surface area contributed by atoms with Crippen molar-refractivity contribution in [3.63, 3.8) is 0 Å². The van der Waals surface area contributed by atoms with Crippen LogP contribution in [0.15, 0.2) is 12.1 Å². The van der Waals surface area contributed by atoms with E-state index in [-0.39, 0.29) is 11.9 Å². The summed E-state index contributed by atoms with van der Waals surface area (Å²) in [5, 5.41) is 10.0. The number of nitrogens with zero attached hydrogens (tertiary/aromatic N) is 1. The van der Waals surface area contributed by atoms with Gasteiger partial charge in [0.1, 0.15) is 5.82 Å². The SMILES string of the molecule is Cc1cc(N2CCOC3CCCCC32)c([C@@H](C)O)cc1F. The molecule has 3 atom stereocenters.